The SMILES string of the molecule is COc1ccc(C2=COCC2)c(C=O)c1O. The van der Waals surface area contributed by atoms with Gasteiger partial charge in [-0.1, -0.05) is 0 Å². The zero-order chi connectivity index (χ0) is 11.5. The fourth-order valence-corrected chi connectivity index (χ4v) is 1.74. The molecule has 84 valence electrons. The van der Waals surface area contributed by atoms with Crippen LogP contribution in [0.4, 0.5) is 0 Å². The summed E-state index contributed by atoms with van der Waals surface area (Å²) >= 11 is 0. The van der Waals surface area contributed by atoms with Crippen LogP contribution in [-0.2, 0) is 4.74 Å². The Bertz CT molecular complexity index is 449. The topological polar surface area (TPSA) is 55.8 Å². The van der Waals surface area contributed by atoms with Crippen LogP contribution < -0.4 is 4.74 Å². The quantitative estimate of drug-likeness (QED) is 0.791. The molecule has 0 saturated carbocycles. The molecular formula is C12H12O4. The lowest BCUT2D eigenvalue weighted by Gasteiger charge is -2.10. The standard InChI is InChI=1S/C12H12O4/c1-15-11-3-2-9(8-4-5-16-7-8)10(6-13)12(11)14/h2-3,6-7,14H,4-5H2,1H3. The van der Waals surface area contributed by atoms with Crippen molar-refractivity contribution in [2.45, 2.75) is 6.42 Å². The molecule has 0 radical (unpaired) electrons. The summed E-state index contributed by atoms with van der Waals surface area (Å²) in [6.45, 7) is 0.612. The average Bonchev–Trinajstić information content (AvgIpc) is 2.82. The Hall–Kier alpha value is -1.97. The van der Waals surface area contributed by atoms with Crippen LogP contribution >= 0.6 is 0 Å². The van der Waals surface area contributed by atoms with Gasteiger partial charge in [-0.05, 0) is 23.3 Å². The van der Waals surface area contributed by atoms with E-state index in [0.717, 1.165) is 12.0 Å². The van der Waals surface area contributed by atoms with Gasteiger partial charge in [0, 0.05) is 6.42 Å². The molecule has 1 aromatic carbocycles. The van der Waals surface area contributed by atoms with E-state index in [-0.39, 0.29) is 11.3 Å². The highest BCUT2D eigenvalue weighted by atomic mass is 16.5. The van der Waals surface area contributed by atoms with Gasteiger partial charge in [-0.2, -0.15) is 0 Å². The minimum atomic E-state index is -0.122. The summed E-state index contributed by atoms with van der Waals surface area (Å²) in [6.07, 6.45) is 2.99. The van der Waals surface area contributed by atoms with Crippen molar-refractivity contribution in [3.05, 3.63) is 29.5 Å². The van der Waals surface area contributed by atoms with Gasteiger partial charge >= 0.3 is 0 Å². The van der Waals surface area contributed by atoms with Crippen LogP contribution in [0.3, 0.4) is 0 Å². The third-order valence-electron chi connectivity index (χ3n) is 2.58. The molecule has 0 aromatic heterocycles. The van der Waals surface area contributed by atoms with Gasteiger partial charge in [0.05, 0.1) is 25.5 Å². The summed E-state index contributed by atoms with van der Waals surface area (Å²) in [6, 6.07) is 3.39. The Kier molecular flexibility index (Phi) is 2.81. The van der Waals surface area contributed by atoms with Gasteiger partial charge in [-0.3, -0.25) is 4.79 Å². The number of methoxy groups -OCH3 is 1. The molecule has 16 heavy (non-hydrogen) atoms. The Morgan fingerprint density at radius 3 is 2.88 bits per heavy atom. The van der Waals surface area contributed by atoms with E-state index in [1.807, 2.05) is 0 Å². The monoisotopic (exact) mass is 220 g/mol. The molecule has 0 unspecified atom stereocenters. The summed E-state index contributed by atoms with van der Waals surface area (Å²) in [4.78, 5) is 11.0. The first-order valence-electron chi connectivity index (χ1n) is 4.94. The lowest BCUT2D eigenvalue weighted by atomic mass is 9.98. The number of carbonyl (C=O) groups is 1. The van der Waals surface area contributed by atoms with Gasteiger partial charge in [-0.25, -0.2) is 0 Å². The number of phenols is 1. The van der Waals surface area contributed by atoms with E-state index in [9.17, 15) is 9.90 Å². The van der Waals surface area contributed by atoms with E-state index in [1.54, 1.807) is 18.4 Å². The van der Waals surface area contributed by atoms with Crippen molar-refractivity contribution in [1.29, 1.82) is 0 Å². The Morgan fingerprint density at radius 1 is 1.50 bits per heavy atom. The molecule has 0 spiro atoms. The molecule has 1 N–H and O–H groups in total. The Labute approximate surface area is 93.1 Å². The number of hydrogen-bond donors (Lipinski definition) is 1. The van der Waals surface area contributed by atoms with E-state index < -0.39 is 0 Å². The van der Waals surface area contributed by atoms with E-state index in [1.165, 1.54) is 7.11 Å². The highest BCUT2D eigenvalue weighted by Crippen LogP contribution is 2.36. The first kappa shape index (κ1) is 10.5. The Balaban J connectivity index is 2.53. The van der Waals surface area contributed by atoms with Crippen molar-refractivity contribution in [2.24, 2.45) is 0 Å². The molecule has 4 heteroatoms. The molecule has 1 aromatic rings. The smallest absolute Gasteiger partial charge is 0.169 e. The maximum Gasteiger partial charge on any atom is 0.169 e. The third-order valence-corrected chi connectivity index (χ3v) is 2.58. The largest absolute Gasteiger partial charge is 0.504 e. The number of hydrogen-bond acceptors (Lipinski definition) is 4. The summed E-state index contributed by atoms with van der Waals surface area (Å²) in [7, 11) is 1.45. The number of ether oxygens (including phenoxy) is 2. The van der Waals surface area contributed by atoms with E-state index in [0.29, 0.717) is 24.2 Å². The molecule has 0 amide bonds. The molecule has 2 rings (SSSR count). The predicted octanol–water partition coefficient (Wildman–Crippen LogP) is 1.97. The zero-order valence-corrected chi connectivity index (χ0v) is 8.90. The maximum atomic E-state index is 11.0. The summed E-state index contributed by atoms with van der Waals surface area (Å²) in [5.74, 6) is 0.174. The average molecular weight is 220 g/mol. The van der Waals surface area contributed by atoms with Crippen molar-refractivity contribution >= 4 is 11.9 Å². The van der Waals surface area contributed by atoms with Crippen molar-refractivity contribution < 1.29 is 19.4 Å². The highest BCUT2D eigenvalue weighted by Gasteiger charge is 2.17. The molecule has 0 saturated heterocycles. The van der Waals surface area contributed by atoms with Crippen LogP contribution in [0.1, 0.15) is 22.3 Å². The molecular weight excluding hydrogens is 208 g/mol. The first-order valence-corrected chi connectivity index (χ1v) is 4.94. The number of rotatable bonds is 3. The fraction of sp³-hybridized carbons (Fsp3) is 0.250. The lowest BCUT2D eigenvalue weighted by Crippen LogP contribution is -1.95. The normalized spacial score (nSPS) is 14.2. The van der Waals surface area contributed by atoms with Crippen molar-refractivity contribution in [2.75, 3.05) is 13.7 Å². The van der Waals surface area contributed by atoms with Gasteiger partial charge < -0.3 is 14.6 Å². The van der Waals surface area contributed by atoms with Crippen LogP contribution in [-0.4, -0.2) is 25.1 Å². The minimum absolute atomic E-state index is 0.122. The van der Waals surface area contributed by atoms with Crippen molar-refractivity contribution in [1.82, 2.24) is 0 Å². The molecule has 1 aliphatic rings. The molecule has 0 fully saturated rings. The summed E-state index contributed by atoms with van der Waals surface area (Å²) < 4.78 is 10.1. The maximum absolute atomic E-state index is 11.0. The third kappa shape index (κ3) is 1.62. The number of phenolic OH excluding ortho intramolecular Hbond substituents is 1. The Morgan fingerprint density at radius 2 is 2.31 bits per heavy atom. The van der Waals surface area contributed by atoms with Crippen LogP contribution in [0.25, 0.3) is 5.57 Å². The summed E-state index contributed by atoms with van der Waals surface area (Å²) in [5, 5.41) is 9.81. The van der Waals surface area contributed by atoms with Crippen LogP contribution in [0.5, 0.6) is 11.5 Å². The number of benzene rings is 1. The lowest BCUT2D eigenvalue weighted by molar-refractivity contribution is 0.112. The molecule has 1 aliphatic heterocycles. The highest BCUT2D eigenvalue weighted by molar-refractivity contribution is 5.90. The van der Waals surface area contributed by atoms with Crippen molar-refractivity contribution in [3.8, 4) is 11.5 Å². The second-order valence-corrected chi connectivity index (χ2v) is 3.46. The predicted molar refractivity (Wildman–Crippen MR) is 58.6 cm³/mol. The first-order chi connectivity index (χ1) is 7.77. The van der Waals surface area contributed by atoms with E-state index >= 15 is 0 Å². The molecule has 1 heterocycles. The molecule has 0 atom stereocenters. The van der Waals surface area contributed by atoms with Gasteiger partial charge in [0.2, 0.25) is 0 Å². The number of carbonyl (C=O) groups excluding carboxylic acids is 1. The zero-order valence-electron chi connectivity index (χ0n) is 8.90. The van der Waals surface area contributed by atoms with Crippen molar-refractivity contribution in [3.63, 3.8) is 0 Å². The molecule has 0 aliphatic carbocycles. The van der Waals surface area contributed by atoms with Gasteiger partial charge in [-0.15, -0.1) is 0 Å². The number of aromatic hydroxyl groups is 1. The summed E-state index contributed by atoms with van der Waals surface area (Å²) in [5.41, 5.74) is 1.86. The molecule has 0 bridgehead atoms. The van der Waals surface area contributed by atoms with Crippen LogP contribution in [0.2, 0.25) is 0 Å². The van der Waals surface area contributed by atoms with Gasteiger partial charge in [0.1, 0.15) is 0 Å². The second-order valence-electron chi connectivity index (χ2n) is 3.46. The van der Waals surface area contributed by atoms with E-state index in [2.05, 4.69) is 0 Å². The van der Waals surface area contributed by atoms with Crippen LogP contribution in [0, 0.1) is 0 Å². The van der Waals surface area contributed by atoms with Gasteiger partial charge in [0.25, 0.3) is 0 Å². The van der Waals surface area contributed by atoms with Gasteiger partial charge in [0.15, 0.2) is 17.8 Å². The second kappa shape index (κ2) is 4.26. The van der Waals surface area contributed by atoms with Crippen LogP contribution in [0.15, 0.2) is 18.4 Å². The minimum Gasteiger partial charge on any atom is -0.504 e. The fourth-order valence-electron chi connectivity index (χ4n) is 1.74. The molecule has 4 nitrogen and oxygen atoms in total. The number of aldehydes is 1. The van der Waals surface area contributed by atoms with E-state index in [4.69, 9.17) is 9.47 Å².